The quantitative estimate of drug-likeness (QED) is 0.937. The molecule has 0 amide bonds. The molecule has 4 heteroatoms. The molecule has 0 saturated carbocycles. The number of hydrogen-bond acceptors (Lipinski definition) is 4. The minimum absolute atomic E-state index is 0.127. The van der Waals surface area contributed by atoms with Gasteiger partial charge in [0.15, 0.2) is 0 Å². The average molecular weight is 284 g/mol. The van der Waals surface area contributed by atoms with Gasteiger partial charge in [0.25, 0.3) is 0 Å². The standard InChI is InChI=1S/C17H20N2O2/c1-18-11-16-15-5-3-4-13(14(15)7-9-21-16)12-6-8-19-17(10-12)20-2/h3-6,8,10,16,18H,7,9,11H2,1-2H3/t16-/m0/s1. The molecule has 0 fully saturated rings. The highest BCUT2D eigenvalue weighted by Gasteiger charge is 2.22. The van der Waals surface area contributed by atoms with E-state index in [1.807, 2.05) is 19.2 Å². The van der Waals surface area contributed by atoms with Crippen molar-refractivity contribution in [2.24, 2.45) is 0 Å². The van der Waals surface area contributed by atoms with Crippen molar-refractivity contribution in [2.75, 3.05) is 27.3 Å². The SMILES string of the molecule is CNC[C@@H]1OCCc2c(-c3ccnc(OC)c3)cccc21. The molecule has 0 aliphatic carbocycles. The fourth-order valence-electron chi connectivity index (χ4n) is 2.89. The predicted molar refractivity (Wildman–Crippen MR) is 82.5 cm³/mol. The fraction of sp³-hybridized carbons (Fsp3) is 0.353. The molecule has 1 aromatic carbocycles. The van der Waals surface area contributed by atoms with Crippen LogP contribution >= 0.6 is 0 Å². The summed E-state index contributed by atoms with van der Waals surface area (Å²) in [7, 11) is 3.60. The molecule has 4 nitrogen and oxygen atoms in total. The van der Waals surface area contributed by atoms with Gasteiger partial charge in [0.1, 0.15) is 0 Å². The van der Waals surface area contributed by atoms with Crippen molar-refractivity contribution in [1.82, 2.24) is 10.3 Å². The van der Waals surface area contributed by atoms with Crippen LogP contribution in [0, 0.1) is 0 Å². The summed E-state index contributed by atoms with van der Waals surface area (Å²) < 4.78 is 11.1. The number of ether oxygens (including phenoxy) is 2. The number of nitrogens with one attached hydrogen (secondary N) is 1. The van der Waals surface area contributed by atoms with Crippen molar-refractivity contribution in [1.29, 1.82) is 0 Å². The minimum atomic E-state index is 0.127. The molecule has 2 aromatic rings. The predicted octanol–water partition coefficient (Wildman–Crippen LogP) is 2.59. The maximum Gasteiger partial charge on any atom is 0.213 e. The third kappa shape index (κ3) is 2.77. The van der Waals surface area contributed by atoms with E-state index in [1.165, 1.54) is 16.7 Å². The lowest BCUT2D eigenvalue weighted by molar-refractivity contribution is 0.0440. The normalized spacial score (nSPS) is 17.3. The molecule has 21 heavy (non-hydrogen) atoms. The largest absolute Gasteiger partial charge is 0.481 e. The van der Waals surface area contributed by atoms with Crippen molar-refractivity contribution >= 4 is 0 Å². The summed E-state index contributed by atoms with van der Waals surface area (Å²) in [6.45, 7) is 1.59. The second-order valence-corrected chi connectivity index (χ2v) is 5.13. The lowest BCUT2D eigenvalue weighted by atomic mass is 9.90. The highest BCUT2D eigenvalue weighted by atomic mass is 16.5. The topological polar surface area (TPSA) is 43.4 Å². The number of rotatable bonds is 4. The van der Waals surface area contributed by atoms with Gasteiger partial charge in [0, 0.05) is 18.8 Å². The summed E-state index contributed by atoms with van der Waals surface area (Å²) >= 11 is 0. The van der Waals surface area contributed by atoms with Crippen LogP contribution < -0.4 is 10.1 Å². The van der Waals surface area contributed by atoms with Gasteiger partial charge in [-0.1, -0.05) is 18.2 Å². The zero-order valence-corrected chi connectivity index (χ0v) is 12.4. The number of likely N-dealkylation sites (N-methyl/N-ethyl adjacent to an activating group) is 1. The highest BCUT2D eigenvalue weighted by Crippen LogP contribution is 2.34. The number of benzene rings is 1. The van der Waals surface area contributed by atoms with Gasteiger partial charge in [0.2, 0.25) is 5.88 Å². The van der Waals surface area contributed by atoms with Crippen LogP contribution in [0.15, 0.2) is 36.5 Å². The van der Waals surface area contributed by atoms with Gasteiger partial charge >= 0.3 is 0 Å². The second-order valence-electron chi connectivity index (χ2n) is 5.13. The van der Waals surface area contributed by atoms with Crippen LogP contribution in [0.1, 0.15) is 17.2 Å². The van der Waals surface area contributed by atoms with Crippen LogP contribution in [0.3, 0.4) is 0 Å². The van der Waals surface area contributed by atoms with Gasteiger partial charge in [-0.05, 0) is 41.8 Å². The van der Waals surface area contributed by atoms with Gasteiger partial charge in [-0.15, -0.1) is 0 Å². The number of fused-ring (bicyclic) bond motifs is 1. The van der Waals surface area contributed by atoms with E-state index >= 15 is 0 Å². The van der Waals surface area contributed by atoms with E-state index in [9.17, 15) is 0 Å². The number of pyridine rings is 1. The molecule has 0 unspecified atom stereocenters. The summed E-state index contributed by atoms with van der Waals surface area (Å²) in [4.78, 5) is 4.18. The maximum absolute atomic E-state index is 5.88. The molecule has 1 aliphatic rings. The van der Waals surface area contributed by atoms with Gasteiger partial charge < -0.3 is 14.8 Å². The summed E-state index contributed by atoms with van der Waals surface area (Å²) in [6.07, 6.45) is 2.86. The zero-order chi connectivity index (χ0) is 14.7. The van der Waals surface area contributed by atoms with Crippen LogP contribution in [-0.2, 0) is 11.2 Å². The lowest BCUT2D eigenvalue weighted by Gasteiger charge is -2.28. The molecular formula is C17H20N2O2. The highest BCUT2D eigenvalue weighted by molar-refractivity contribution is 5.70. The first-order valence-electron chi connectivity index (χ1n) is 7.22. The van der Waals surface area contributed by atoms with Crippen molar-refractivity contribution in [2.45, 2.75) is 12.5 Å². The Morgan fingerprint density at radius 3 is 3.10 bits per heavy atom. The molecule has 0 bridgehead atoms. The van der Waals surface area contributed by atoms with Gasteiger partial charge in [0.05, 0.1) is 19.8 Å². The smallest absolute Gasteiger partial charge is 0.213 e. The Hall–Kier alpha value is -1.91. The van der Waals surface area contributed by atoms with E-state index in [4.69, 9.17) is 9.47 Å². The first-order chi connectivity index (χ1) is 10.3. The Kier molecular flexibility index (Phi) is 4.18. The minimum Gasteiger partial charge on any atom is -0.481 e. The van der Waals surface area contributed by atoms with Crippen molar-refractivity contribution in [3.05, 3.63) is 47.7 Å². The monoisotopic (exact) mass is 284 g/mol. The van der Waals surface area contributed by atoms with Gasteiger partial charge in [-0.2, -0.15) is 0 Å². The van der Waals surface area contributed by atoms with E-state index in [1.54, 1.807) is 13.3 Å². The lowest BCUT2D eigenvalue weighted by Crippen LogP contribution is -2.25. The van der Waals surface area contributed by atoms with Crippen molar-refractivity contribution in [3.63, 3.8) is 0 Å². The Morgan fingerprint density at radius 1 is 1.38 bits per heavy atom. The zero-order valence-electron chi connectivity index (χ0n) is 12.4. The molecule has 1 N–H and O–H groups in total. The van der Waals surface area contributed by atoms with E-state index in [-0.39, 0.29) is 6.10 Å². The van der Waals surface area contributed by atoms with Crippen LogP contribution in [-0.4, -0.2) is 32.3 Å². The molecular weight excluding hydrogens is 264 g/mol. The number of hydrogen-bond donors (Lipinski definition) is 1. The molecule has 0 radical (unpaired) electrons. The molecule has 1 aromatic heterocycles. The molecule has 1 atom stereocenters. The number of nitrogens with zero attached hydrogens (tertiary/aromatic N) is 1. The van der Waals surface area contributed by atoms with Gasteiger partial charge in [-0.3, -0.25) is 0 Å². The third-order valence-corrected chi connectivity index (χ3v) is 3.87. The summed E-state index contributed by atoms with van der Waals surface area (Å²) in [5, 5.41) is 3.20. The Bertz CT molecular complexity index is 628. The first-order valence-corrected chi connectivity index (χ1v) is 7.22. The maximum atomic E-state index is 5.88. The van der Waals surface area contributed by atoms with E-state index in [2.05, 4.69) is 28.5 Å². The fourth-order valence-corrected chi connectivity index (χ4v) is 2.89. The molecule has 1 aliphatic heterocycles. The summed E-state index contributed by atoms with van der Waals surface area (Å²) in [5.41, 5.74) is 5.04. The van der Waals surface area contributed by atoms with Crippen molar-refractivity contribution in [3.8, 4) is 17.0 Å². The van der Waals surface area contributed by atoms with E-state index < -0.39 is 0 Å². The molecule has 3 rings (SSSR count). The third-order valence-electron chi connectivity index (χ3n) is 3.87. The Labute approximate surface area is 125 Å². The molecule has 0 saturated heterocycles. The Balaban J connectivity index is 2.05. The van der Waals surface area contributed by atoms with Gasteiger partial charge in [-0.25, -0.2) is 4.98 Å². The van der Waals surface area contributed by atoms with E-state index in [0.717, 1.165) is 25.1 Å². The number of aromatic nitrogens is 1. The van der Waals surface area contributed by atoms with Crippen LogP contribution in [0.4, 0.5) is 0 Å². The summed E-state index contributed by atoms with van der Waals surface area (Å²) in [6, 6.07) is 10.4. The van der Waals surface area contributed by atoms with Crippen LogP contribution in [0.25, 0.3) is 11.1 Å². The second kappa shape index (κ2) is 6.24. The molecule has 0 spiro atoms. The van der Waals surface area contributed by atoms with Crippen LogP contribution in [0.2, 0.25) is 0 Å². The first kappa shape index (κ1) is 14.0. The van der Waals surface area contributed by atoms with Crippen molar-refractivity contribution < 1.29 is 9.47 Å². The molecule has 2 heterocycles. The molecule has 110 valence electrons. The Morgan fingerprint density at radius 2 is 2.29 bits per heavy atom. The average Bonchev–Trinajstić information content (AvgIpc) is 2.55. The van der Waals surface area contributed by atoms with Crippen LogP contribution in [0.5, 0.6) is 5.88 Å². The number of methoxy groups -OCH3 is 1. The van der Waals surface area contributed by atoms with E-state index in [0.29, 0.717) is 5.88 Å². The summed E-state index contributed by atoms with van der Waals surface area (Å²) in [5.74, 6) is 0.643.